The lowest BCUT2D eigenvalue weighted by atomic mass is 9.97. The normalized spacial score (nSPS) is 14.6. The Labute approximate surface area is 171 Å². The Bertz CT molecular complexity index is 647. The summed E-state index contributed by atoms with van der Waals surface area (Å²) in [5.41, 5.74) is 0.666. The number of piperidine rings is 1. The molecule has 1 fully saturated rings. The fourth-order valence-corrected chi connectivity index (χ4v) is 3.28. The molecule has 8 heteroatoms. The van der Waals surface area contributed by atoms with Crippen LogP contribution in [-0.4, -0.2) is 62.8 Å². The average molecular weight is 413 g/mol. The minimum Gasteiger partial charge on any atom is -0.487 e. The fourth-order valence-electron chi connectivity index (χ4n) is 3.05. The SMILES string of the molecule is CCOCCOc1c(Cl)cccc1NCC(=O)N1CCC(C(=O)OCC)CC1. The molecule has 1 amide bonds. The number of carbonyl (C=O) groups is 2. The van der Waals surface area contributed by atoms with Gasteiger partial charge in [-0.05, 0) is 38.8 Å². The lowest BCUT2D eigenvalue weighted by molar-refractivity contribution is -0.151. The summed E-state index contributed by atoms with van der Waals surface area (Å²) < 4.78 is 16.1. The number of amides is 1. The van der Waals surface area contributed by atoms with Crippen LogP contribution in [0.15, 0.2) is 18.2 Å². The summed E-state index contributed by atoms with van der Waals surface area (Å²) in [6.45, 7) is 6.81. The van der Waals surface area contributed by atoms with E-state index in [0.717, 1.165) is 0 Å². The second kappa shape index (κ2) is 11.8. The van der Waals surface area contributed by atoms with Crippen molar-refractivity contribution in [2.45, 2.75) is 26.7 Å². The van der Waals surface area contributed by atoms with Gasteiger partial charge in [-0.3, -0.25) is 9.59 Å². The molecule has 156 valence electrons. The van der Waals surface area contributed by atoms with Gasteiger partial charge in [-0.25, -0.2) is 0 Å². The van der Waals surface area contributed by atoms with Gasteiger partial charge < -0.3 is 24.4 Å². The van der Waals surface area contributed by atoms with Crippen LogP contribution in [0.3, 0.4) is 0 Å². The van der Waals surface area contributed by atoms with Gasteiger partial charge in [0, 0.05) is 19.7 Å². The molecule has 28 heavy (non-hydrogen) atoms. The number of para-hydroxylation sites is 1. The number of rotatable bonds is 10. The molecule has 1 aliphatic rings. The van der Waals surface area contributed by atoms with Gasteiger partial charge in [0.2, 0.25) is 5.91 Å². The first-order valence-electron chi connectivity index (χ1n) is 9.74. The van der Waals surface area contributed by atoms with Crippen molar-refractivity contribution < 1.29 is 23.8 Å². The first kappa shape index (κ1) is 22.3. The highest BCUT2D eigenvalue weighted by atomic mass is 35.5. The van der Waals surface area contributed by atoms with Crippen molar-refractivity contribution in [3.63, 3.8) is 0 Å². The number of carbonyl (C=O) groups excluding carboxylic acids is 2. The lowest BCUT2D eigenvalue weighted by Gasteiger charge is -2.31. The first-order valence-corrected chi connectivity index (χ1v) is 10.1. The van der Waals surface area contributed by atoms with Crippen LogP contribution >= 0.6 is 11.6 Å². The van der Waals surface area contributed by atoms with Crippen LogP contribution < -0.4 is 10.1 Å². The maximum Gasteiger partial charge on any atom is 0.309 e. The number of likely N-dealkylation sites (tertiary alicyclic amines) is 1. The van der Waals surface area contributed by atoms with Gasteiger partial charge in [0.25, 0.3) is 0 Å². The van der Waals surface area contributed by atoms with Crippen LogP contribution in [0.5, 0.6) is 5.75 Å². The second-order valence-electron chi connectivity index (χ2n) is 6.42. The number of hydrogen-bond acceptors (Lipinski definition) is 6. The third kappa shape index (κ3) is 6.56. The van der Waals surface area contributed by atoms with E-state index in [1.54, 1.807) is 24.0 Å². The maximum absolute atomic E-state index is 12.5. The van der Waals surface area contributed by atoms with Crippen LogP contribution in [0.2, 0.25) is 5.02 Å². The van der Waals surface area contributed by atoms with Crippen molar-refractivity contribution in [1.29, 1.82) is 0 Å². The second-order valence-corrected chi connectivity index (χ2v) is 6.83. The molecule has 1 aromatic carbocycles. The Morgan fingerprint density at radius 1 is 1.18 bits per heavy atom. The zero-order valence-corrected chi connectivity index (χ0v) is 17.3. The monoisotopic (exact) mass is 412 g/mol. The highest BCUT2D eigenvalue weighted by molar-refractivity contribution is 6.32. The summed E-state index contributed by atoms with van der Waals surface area (Å²) in [7, 11) is 0. The molecule has 0 bridgehead atoms. The summed E-state index contributed by atoms with van der Waals surface area (Å²) in [6, 6.07) is 5.36. The molecule has 0 atom stereocenters. The number of nitrogens with zero attached hydrogens (tertiary/aromatic N) is 1. The minimum absolute atomic E-state index is 0.0254. The van der Waals surface area contributed by atoms with Crippen LogP contribution in [-0.2, 0) is 19.1 Å². The summed E-state index contributed by atoms with van der Waals surface area (Å²) in [5.74, 6) is 0.205. The van der Waals surface area contributed by atoms with E-state index in [1.807, 2.05) is 13.0 Å². The molecule has 1 aliphatic heterocycles. The van der Waals surface area contributed by atoms with E-state index >= 15 is 0 Å². The number of halogens is 1. The number of ether oxygens (including phenoxy) is 3. The maximum atomic E-state index is 12.5. The molecule has 1 saturated heterocycles. The van der Waals surface area contributed by atoms with Gasteiger partial charge >= 0.3 is 5.97 Å². The van der Waals surface area contributed by atoms with Crippen molar-refractivity contribution in [3.05, 3.63) is 23.2 Å². The van der Waals surface area contributed by atoms with Gasteiger partial charge in [-0.2, -0.15) is 0 Å². The number of esters is 1. The van der Waals surface area contributed by atoms with Crippen LogP contribution in [0.1, 0.15) is 26.7 Å². The van der Waals surface area contributed by atoms with Gasteiger partial charge in [0.05, 0.1) is 36.4 Å². The Kier molecular flexibility index (Phi) is 9.37. The van der Waals surface area contributed by atoms with E-state index in [1.165, 1.54) is 0 Å². The first-order chi connectivity index (χ1) is 13.6. The van der Waals surface area contributed by atoms with Crippen molar-refractivity contribution >= 4 is 29.2 Å². The van der Waals surface area contributed by atoms with E-state index in [4.69, 9.17) is 25.8 Å². The van der Waals surface area contributed by atoms with E-state index in [0.29, 0.717) is 68.8 Å². The van der Waals surface area contributed by atoms with Crippen molar-refractivity contribution in [3.8, 4) is 5.75 Å². The smallest absolute Gasteiger partial charge is 0.309 e. The van der Waals surface area contributed by atoms with Crippen molar-refractivity contribution in [2.75, 3.05) is 51.4 Å². The number of anilines is 1. The largest absolute Gasteiger partial charge is 0.487 e. The molecule has 1 N–H and O–H groups in total. The molecule has 7 nitrogen and oxygen atoms in total. The van der Waals surface area contributed by atoms with Gasteiger partial charge in [0.15, 0.2) is 5.75 Å². The molecule has 0 radical (unpaired) electrons. The standard InChI is InChI=1S/C20H29ClN2O5/c1-3-26-12-13-28-19-16(21)6-5-7-17(19)22-14-18(24)23-10-8-15(9-11-23)20(25)27-4-2/h5-7,15,22H,3-4,8-14H2,1-2H3. The zero-order valence-electron chi connectivity index (χ0n) is 16.5. The topological polar surface area (TPSA) is 77.1 Å². The van der Waals surface area contributed by atoms with E-state index in [9.17, 15) is 9.59 Å². The average Bonchev–Trinajstić information content (AvgIpc) is 2.71. The molecule has 1 heterocycles. The number of nitrogens with one attached hydrogen (secondary N) is 1. The van der Waals surface area contributed by atoms with E-state index in [-0.39, 0.29) is 24.3 Å². The Hall–Kier alpha value is -1.99. The van der Waals surface area contributed by atoms with E-state index in [2.05, 4.69) is 5.32 Å². The lowest BCUT2D eigenvalue weighted by Crippen LogP contribution is -2.43. The highest BCUT2D eigenvalue weighted by Crippen LogP contribution is 2.32. The fraction of sp³-hybridized carbons (Fsp3) is 0.600. The number of hydrogen-bond donors (Lipinski definition) is 1. The molecule has 0 aliphatic carbocycles. The molecule has 2 rings (SSSR count). The summed E-state index contributed by atoms with van der Waals surface area (Å²) >= 11 is 6.23. The van der Waals surface area contributed by atoms with Crippen LogP contribution in [0.4, 0.5) is 5.69 Å². The third-order valence-corrected chi connectivity index (χ3v) is 4.84. The van der Waals surface area contributed by atoms with Crippen LogP contribution in [0.25, 0.3) is 0 Å². The summed E-state index contributed by atoms with van der Waals surface area (Å²) in [4.78, 5) is 26.1. The molecule has 1 aromatic rings. The molecule has 0 aromatic heterocycles. The Morgan fingerprint density at radius 3 is 2.61 bits per heavy atom. The quantitative estimate of drug-likeness (QED) is 0.470. The van der Waals surface area contributed by atoms with Gasteiger partial charge in [-0.15, -0.1) is 0 Å². The van der Waals surface area contributed by atoms with Crippen molar-refractivity contribution in [1.82, 2.24) is 4.90 Å². The minimum atomic E-state index is -0.166. The summed E-state index contributed by atoms with van der Waals surface area (Å²) in [6.07, 6.45) is 1.26. The Morgan fingerprint density at radius 2 is 1.93 bits per heavy atom. The number of benzene rings is 1. The van der Waals surface area contributed by atoms with Gasteiger partial charge in [0.1, 0.15) is 6.61 Å². The predicted molar refractivity (Wildman–Crippen MR) is 108 cm³/mol. The molecular formula is C20H29ClN2O5. The predicted octanol–water partition coefficient (Wildman–Crippen LogP) is 2.97. The third-order valence-electron chi connectivity index (χ3n) is 4.54. The van der Waals surface area contributed by atoms with Crippen molar-refractivity contribution in [2.24, 2.45) is 5.92 Å². The summed E-state index contributed by atoms with van der Waals surface area (Å²) in [5, 5.41) is 3.59. The molecule has 0 saturated carbocycles. The molecular weight excluding hydrogens is 384 g/mol. The Balaban J connectivity index is 1.84. The molecule has 0 spiro atoms. The zero-order chi connectivity index (χ0) is 20.4. The molecule has 0 unspecified atom stereocenters. The van der Waals surface area contributed by atoms with E-state index < -0.39 is 0 Å². The highest BCUT2D eigenvalue weighted by Gasteiger charge is 2.28. The van der Waals surface area contributed by atoms with Crippen LogP contribution in [0, 0.1) is 5.92 Å². The van der Waals surface area contributed by atoms with Gasteiger partial charge in [-0.1, -0.05) is 17.7 Å².